The number of rotatable bonds is 9. The molecule has 0 aromatic heterocycles. The molecule has 1 saturated heterocycles. The lowest BCUT2D eigenvalue weighted by atomic mass is 9.99. The zero-order valence-corrected chi connectivity index (χ0v) is 22.2. The Hall–Kier alpha value is -3.97. The molecule has 2 aliphatic heterocycles. The third-order valence-electron chi connectivity index (χ3n) is 7.21. The van der Waals surface area contributed by atoms with Gasteiger partial charge < -0.3 is 15.0 Å². The number of carbonyl (C=O) groups excluding carboxylic acids is 2. The van der Waals surface area contributed by atoms with Crippen molar-refractivity contribution in [2.24, 2.45) is 0 Å². The fourth-order valence-electron chi connectivity index (χ4n) is 5.08. The molecular formula is C32H34FN3O3. The number of ether oxygens (including phenoxy) is 1. The molecule has 0 bridgehead atoms. The van der Waals surface area contributed by atoms with Crippen LogP contribution in [0.15, 0.2) is 78.9 Å². The van der Waals surface area contributed by atoms with Crippen molar-refractivity contribution >= 4 is 23.1 Å². The first-order valence-electron chi connectivity index (χ1n) is 13.6. The maximum atomic E-state index is 13.2. The number of amides is 2. The molecular weight excluding hydrogens is 493 g/mol. The van der Waals surface area contributed by atoms with Gasteiger partial charge in [-0.25, -0.2) is 4.39 Å². The summed E-state index contributed by atoms with van der Waals surface area (Å²) >= 11 is 0. The van der Waals surface area contributed by atoms with Gasteiger partial charge in [-0.15, -0.1) is 0 Å². The molecule has 3 aromatic rings. The van der Waals surface area contributed by atoms with Crippen molar-refractivity contribution in [2.75, 3.05) is 31.1 Å². The van der Waals surface area contributed by atoms with Crippen LogP contribution in [0.25, 0.3) is 5.57 Å². The van der Waals surface area contributed by atoms with Crippen molar-refractivity contribution in [1.82, 2.24) is 10.2 Å². The zero-order chi connectivity index (χ0) is 27.2. The van der Waals surface area contributed by atoms with Gasteiger partial charge in [-0.3, -0.25) is 14.5 Å². The standard InChI is InChI=1S/C32H34FN3O3/c1-23(21-34-32(38)27-9-13-29(14-10-27)36-17-3-6-31(36)37)39-30-5-2-4-24(20-30)22-35-18-15-26(16-19-35)25-7-11-28(33)12-8-25/h2,4-5,7-15,20,23H,3,6,16-19,21-22H2,1H3,(H,34,38). The molecule has 1 atom stereocenters. The van der Waals surface area contributed by atoms with Crippen LogP contribution < -0.4 is 15.0 Å². The number of hydrogen-bond acceptors (Lipinski definition) is 4. The topological polar surface area (TPSA) is 61.9 Å². The summed E-state index contributed by atoms with van der Waals surface area (Å²) in [6.45, 7) is 5.63. The summed E-state index contributed by atoms with van der Waals surface area (Å²) in [5.74, 6) is 0.522. The molecule has 1 N–H and O–H groups in total. The van der Waals surface area contributed by atoms with Gasteiger partial charge >= 0.3 is 0 Å². The number of hydrogen-bond donors (Lipinski definition) is 1. The second-order valence-corrected chi connectivity index (χ2v) is 10.2. The number of carbonyl (C=O) groups is 2. The molecule has 0 saturated carbocycles. The average molecular weight is 528 g/mol. The molecule has 2 amide bonds. The first-order chi connectivity index (χ1) is 18.9. The summed E-state index contributed by atoms with van der Waals surface area (Å²) in [6, 6.07) is 21.9. The molecule has 1 unspecified atom stereocenters. The molecule has 7 heteroatoms. The van der Waals surface area contributed by atoms with Gasteiger partial charge in [0, 0.05) is 43.9 Å². The monoisotopic (exact) mass is 527 g/mol. The Labute approximate surface area is 229 Å². The Morgan fingerprint density at radius 3 is 2.51 bits per heavy atom. The summed E-state index contributed by atoms with van der Waals surface area (Å²) in [5.41, 5.74) is 4.90. The number of nitrogens with one attached hydrogen (secondary N) is 1. The van der Waals surface area contributed by atoms with E-state index in [1.54, 1.807) is 17.0 Å². The van der Waals surface area contributed by atoms with Crippen LogP contribution >= 0.6 is 0 Å². The van der Waals surface area contributed by atoms with Crippen LogP contribution in [0.5, 0.6) is 5.75 Å². The SMILES string of the molecule is CC(CNC(=O)c1ccc(N2CCCC2=O)cc1)Oc1cccc(CN2CC=C(c3ccc(F)cc3)CC2)c1. The Kier molecular flexibility index (Phi) is 8.37. The smallest absolute Gasteiger partial charge is 0.251 e. The largest absolute Gasteiger partial charge is 0.489 e. The fourth-order valence-corrected chi connectivity index (χ4v) is 5.08. The van der Waals surface area contributed by atoms with E-state index in [2.05, 4.69) is 28.4 Å². The van der Waals surface area contributed by atoms with Crippen LogP contribution in [0.1, 0.15) is 47.7 Å². The van der Waals surface area contributed by atoms with Crippen molar-refractivity contribution in [3.05, 3.63) is 101 Å². The van der Waals surface area contributed by atoms with E-state index in [4.69, 9.17) is 4.74 Å². The minimum atomic E-state index is -0.210. The van der Waals surface area contributed by atoms with E-state index in [1.165, 1.54) is 23.3 Å². The highest BCUT2D eigenvalue weighted by molar-refractivity contribution is 5.97. The van der Waals surface area contributed by atoms with Gasteiger partial charge in [0.1, 0.15) is 17.7 Å². The minimum absolute atomic E-state index is 0.131. The molecule has 5 rings (SSSR count). The van der Waals surface area contributed by atoms with E-state index in [0.29, 0.717) is 18.5 Å². The van der Waals surface area contributed by atoms with Crippen LogP contribution in [0, 0.1) is 5.82 Å². The van der Waals surface area contributed by atoms with Gasteiger partial charge in [0.15, 0.2) is 0 Å². The third kappa shape index (κ3) is 6.92. The van der Waals surface area contributed by atoms with Gasteiger partial charge in [-0.05, 0) is 85.0 Å². The van der Waals surface area contributed by atoms with Crippen LogP contribution in [-0.2, 0) is 11.3 Å². The summed E-state index contributed by atoms with van der Waals surface area (Å²) in [7, 11) is 0. The van der Waals surface area contributed by atoms with Gasteiger partial charge in [-0.2, -0.15) is 0 Å². The fraction of sp³-hybridized carbons (Fsp3) is 0.312. The molecule has 0 spiro atoms. The first-order valence-corrected chi connectivity index (χ1v) is 13.6. The van der Waals surface area contributed by atoms with Crippen LogP contribution in [0.4, 0.5) is 10.1 Å². The Bertz CT molecular complexity index is 1340. The number of benzene rings is 3. The normalized spacial score (nSPS) is 16.6. The molecule has 1 fully saturated rings. The van der Waals surface area contributed by atoms with E-state index < -0.39 is 0 Å². The van der Waals surface area contributed by atoms with E-state index in [-0.39, 0.29) is 23.7 Å². The Balaban J connectivity index is 1.09. The molecule has 2 aliphatic rings. The van der Waals surface area contributed by atoms with Crippen LogP contribution in [0.3, 0.4) is 0 Å². The molecule has 2 heterocycles. The number of anilines is 1. The Morgan fingerprint density at radius 1 is 1.03 bits per heavy atom. The highest BCUT2D eigenvalue weighted by atomic mass is 19.1. The van der Waals surface area contributed by atoms with E-state index in [9.17, 15) is 14.0 Å². The van der Waals surface area contributed by atoms with Gasteiger partial charge in [-0.1, -0.05) is 30.3 Å². The van der Waals surface area contributed by atoms with Crippen molar-refractivity contribution in [3.63, 3.8) is 0 Å². The van der Waals surface area contributed by atoms with E-state index in [1.807, 2.05) is 43.3 Å². The lowest BCUT2D eigenvalue weighted by molar-refractivity contribution is -0.117. The van der Waals surface area contributed by atoms with Crippen LogP contribution in [-0.4, -0.2) is 49.0 Å². The summed E-state index contributed by atoms with van der Waals surface area (Å²) in [4.78, 5) is 28.7. The lowest BCUT2D eigenvalue weighted by Crippen LogP contribution is -2.33. The number of halogens is 1. The second-order valence-electron chi connectivity index (χ2n) is 10.2. The Morgan fingerprint density at radius 2 is 1.82 bits per heavy atom. The van der Waals surface area contributed by atoms with Gasteiger partial charge in [0.2, 0.25) is 5.91 Å². The summed E-state index contributed by atoms with van der Waals surface area (Å²) < 4.78 is 19.3. The summed E-state index contributed by atoms with van der Waals surface area (Å²) in [6.07, 6.45) is 4.40. The van der Waals surface area contributed by atoms with Crippen LogP contribution in [0.2, 0.25) is 0 Å². The molecule has 0 radical (unpaired) electrons. The van der Waals surface area contributed by atoms with Crippen molar-refractivity contribution < 1.29 is 18.7 Å². The maximum Gasteiger partial charge on any atom is 0.251 e. The minimum Gasteiger partial charge on any atom is -0.489 e. The highest BCUT2D eigenvalue weighted by Crippen LogP contribution is 2.25. The van der Waals surface area contributed by atoms with E-state index >= 15 is 0 Å². The van der Waals surface area contributed by atoms with Gasteiger partial charge in [0.05, 0.1) is 6.54 Å². The van der Waals surface area contributed by atoms with Crippen molar-refractivity contribution in [1.29, 1.82) is 0 Å². The molecule has 6 nitrogen and oxygen atoms in total. The quantitative estimate of drug-likeness (QED) is 0.403. The second kappa shape index (κ2) is 12.3. The lowest BCUT2D eigenvalue weighted by Gasteiger charge is -2.26. The highest BCUT2D eigenvalue weighted by Gasteiger charge is 2.22. The predicted molar refractivity (Wildman–Crippen MR) is 151 cm³/mol. The first kappa shape index (κ1) is 26.6. The number of nitrogens with zero attached hydrogens (tertiary/aromatic N) is 2. The molecule has 39 heavy (non-hydrogen) atoms. The molecule has 3 aromatic carbocycles. The average Bonchev–Trinajstić information content (AvgIpc) is 3.38. The molecule has 202 valence electrons. The van der Waals surface area contributed by atoms with E-state index in [0.717, 1.165) is 56.0 Å². The summed E-state index contributed by atoms with van der Waals surface area (Å²) in [5, 5.41) is 2.94. The van der Waals surface area contributed by atoms with Gasteiger partial charge in [0.25, 0.3) is 5.91 Å². The molecule has 0 aliphatic carbocycles. The maximum absolute atomic E-state index is 13.2. The zero-order valence-electron chi connectivity index (χ0n) is 22.2. The van der Waals surface area contributed by atoms with Crippen molar-refractivity contribution in [3.8, 4) is 5.75 Å². The predicted octanol–water partition coefficient (Wildman–Crippen LogP) is 5.44. The third-order valence-corrected chi connectivity index (χ3v) is 7.21. The van der Waals surface area contributed by atoms with Crippen molar-refractivity contribution in [2.45, 2.75) is 38.8 Å².